The van der Waals surface area contributed by atoms with E-state index in [1.165, 1.54) is 19.3 Å². The summed E-state index contributed by atoms with van der Waals surface area (Å²) >= 11 is 0. The Hall–Kier alpha value is 0. The molecule has 4 unspecified atom stereocenters. The first-order valence-corrected chi connectivity index (χ1v) is 9.87. The predicted molar refractivity (Wildman–Crippen MR) is 102 cm³/mol. The standard InChI is InChI=1S/C23H40/c1-8-13-18-23(21(16-11-4)19(6)14-9-2)22(17-12-5)20(7)15-10-3/h2-5,19-23H,8-18H2,1,6-7H3. The minimum atomic E-state index is 0.635. The summed E-state index contributed by atoms with van der Waals surface area (Å²) in [7, 11) is 0. The molecule has 0 heteroatoms. The zero-order valence-corrected chi connectivity index (χ0v) is 16.0. The molecule has 0 amide bonds. The van der Waals surface area contributed by atoms with Crippen molar-refractivity contribution in [3.8, 4) is 0 Å². The van der Waals surface area contributed by atoms with Crippen LogP contribution in [0.2, 0.25) is 0 Å². The van der Waals surface area contributed by atoms with Crippen LogP contribution in [-0.4, -0.2) is 0 Å². The molecule has 0 aliphatic heterocycles. The molecular formula is C23H40. The molecule has 0 aromatic rings. The fourth-order valence-electron chi connectivity index (χ4n) is 4.37. The maximum Gasteiger partial charge on any atom is -0.0352 e. The van der Waals surface area contributed by atoms with Crippen molar-refractivity contribution < 1.29 is 0 Å². The second-order valence-electron chi connectivity index (χ2n) is 7.40. The van der Waals surface area contributed by atoms with Gasteiger partial charge in [-0.05, 0) is 102 Å². The van der Waals surface area contributed by atoms with Crippen LogP contribution in [0.5, 0.6) is 0 Å². The molecule has 4 atom stereocenters. The molecular weight excluding hydrogens is 276 g/mol. The summed E-state index contributed by atoms with van der Waals surface area (Å²) in [6.45, 7) is 30.6. The van der Waals surface area contributed by atoms with Crippen molar-refractivity contribution in [1.82, 2.24) is 0 Å². The van der Waals surface area contributed by atoms with E-state index >= 15 is 0 Å². The Morgan fingerprint density at radius 2 is 0.957 bits per heavy atom. The van der Waals surface area contributed by atoms with Crippen LogP contribution in [0, 0.1) is 57.3 Å². The highest BCUT2D eigenvalue weighted by molar-refractivity contribution is 4.84. The molecule has 0 fully saturated rings. The van der Waals surface area contributed by atoms with E-state index in [2.05, 4.69) is 20.8 Å². The molecule has 0 aliphatic rings. The van der Waals surface area contributed by atoms with Crippen molar-refractivity contribution in [2.75, 3.05) is 0 Å². The summed E-state index contributed by atoms with van der Waals surface area (Å²) in [5, 5.41) is 0. The topological polar surface area (TPSA) is 0 Å². The highest BCUT2D eigenvalue weighted by Gasteiger charge is 2.33. The lowest BCUT2D eigenvalue weighted by molar-refractivity contribution is 0.0967. The third kappa shape index (κ3) is 8.59. The minimum absolute atomic E-state index is 0.635. The number of unbranched alkanes of at least 4 members (excludes halogenated alkanes) is 1. The molecule has 0 saturated carbocycles. The predicted octanol–water partition coefficient (Wildman–Crippen LogP) is 7.26. The molecule has 0 nitrogen and oxygen atoms in total. The highest BCUT2D eigenvalue weighted by Crippen LogP contribution is 2.42. The van der Waals surface area contributed by atoms with E-state index in [1.807, 2.05) is 0 Å². The third-order valence-corrected chi connectivity index (χ3v) is 5.70. The fourth-order valence-corrected chi connectivity index (χ4v) is 4.37. The lowest BCUT2D eigenvalue weighted by Crippen LogP contribution is -2.32. The Morgan fingerprint density at radius 3 is 1.26 bits per heavy atom. The Labute approximate surface area is 149 Å². The van der Waals surface area contributed by atoms with Gasteiger partial charge in [-0.1, -0.05) is 46.5 Å². The summed E-state index contributed by atoms with van der Waals surface area (Å²) < 4.78 is 0. The highest BCUT2D eigenvalue weighted by atomic mass is 14.4. The summed E-state index contributed by atoms with van der Waals surface area (Å²) in [5.41, 5.74) is 0. The fraction of sp³-hybridized carbons (Fsp3) is 0.826. The maximum atomic E-state index is 5.96. The van der Waals surface area contributed by atoms with Crippen molar-refractivity contribution in [3.63, 3.8) is 0 Å². The molecule has 0 saturated heterocycles. The molecule has 8 radical (unpaired) electrons. The molecule has 23 heavy (non-hydrogen) atoms. The van der Waals surface area contributed by atoms with Crippen molar-refractivity contribution in [3.05, 3.63) is 27.7 Å². The number of hydrogen-bond acceptors (Lipinski definition) is 0. The molecule has 0 aliphatic carbocycles. The van der Waals surface area contributed by atoms with Gasteiger partial charge in [-0.25, -0.2) is 0 Å². The Bertz CT molecular complexity index is 222. The van der Waals surface area contributed by atoms with Crippen LogP contribution in [0.25, 0.3) is 0 Å². The van der Waals surface area contributed by atoms with Gasteiger partial charge in [-0.2, -0.15) is 0 Å². The van der Waals surface area contributed by atoms with Gasteiger partial charge in [0.2, 0.25) is 0 Å². The van der Waals surface area contributed by atoms with Crippen LogP contribution in [0.3, 0.4) is 0 Å². The lowest BCUT2D eigenvalue weighted by atomic mass is 9.65. The van der Waals surface area contributed by atoms with Gasteiger partial charge in [0.15, 0.2) is 0 Å². The molecule has 0 aromatic heterocycles. The molecule has 0 N–H and O–H groups in total. The van der Waals surface area contributed by atoms with Crippen LogP contribution < -0.4 is 0 Å². The van der Waals surface area contributed by atoms with E-state index in [1.54, 1.807) is 0 Å². The van der Waals surface area contributed by atoms with Crippen molar-refractivity contribution in [2.24, 2.45) is 29.6 Å². The van der Waals surface area contributed by atoms with Crippen molar-refractivity contribution in [2.45, 2.75) is 91.4 Å². The van der Waals surface area contributed by atoms with Gasteiger partial charge in [-0.15, -0.1) is 0 Å². The first-order chi connectivity index (χ1) is 11.1. The van der Waals surface area contributed by atoms with Crippen LogP contribution >= 0.6 is 0 Å². The van der Waals surface area contributed by atoms with Crippen LogP contribution in [0.4, 0.5) is 0 Å². The van der Waals surface area contributed by atoms with Gasteiger partial charge in [0.25, 0.3) is 0 Å². The Balaban J connectivity index is 5.33. The van der Waals surface area contributed by atoms with Crippen LogP contribution in [-0.2, 0) is 0 Å². The summed E-state index contributed by atoms with van der Waals surface area (Å²) in [5.74, 6) is 3.29. The van der Waals surface area contributed by atoms with Gasteiger partial charge < -0.3 is 0 Å². The normalized spacial score (nSPS) is 18.4. The monoisotopic (exact) mass is 316 g/mol. The Morgan fingerprint density at radius 1 is 0.565 bits per heavy atom. The van der Waals surface area contributed by atoms with Gasteiger partial charge >= 0.3 is 0 Å². The minimum Gasteiger partial charge on any atom is -0.0654 e. The van der Waals surface area contributed by atoms with E-state index in [0.717, 1.165) is 51.4 Å². The van der Waals surface area contributed by atoms with Gasteiger partial charge in [0, 0.05) is 0 Å². The zero-order valence-electron chi connectivity index (χ0n) is 16.0. The van der Waals surface area contributed by atoms with E-state index in [0.29, 0.717) is 29.6 Å². The summed E-state index contributed by atoms with van der Waals surface area (Å²) in [4.78, 5) is 0. The number of rotatable bonds is 15. The quantitative estimate of drug-likeness (QED) is 0.298. The lowest BCUT2D eigenvalue weighted by Gasteiger charge is -2.40. The molecule has 0 heterocycles. The van der Waals surface area contributed by atoms with E-state index < -0.39 is 0 Å². The van der Waals surface area contributed by atoms with Crippen LogP contribution in [0.15, 0.2) is 0 Å². The molecule has 0 aromatic carbocycles. The van der Waals surface area contributed by atoms with Gasteiger partial charge in [0.1, 0.15) is 0 Å². The SMILES string of the molecule is [CH]CCC(C)C(CC[CH])C(CCCC)C(CC[CH])C(C)CC[CH]. The first-order valence-electron chi connectivity index (χ1n) is 9.87. The Kier molecular flexibility index (Phi) is 14.4. The van der Waals surface area contributed by atoms with E-state index in [-0.39, 0.29) is 0 Å². The van der Waals surface area contributed by atoms with E-state index in [4.69, 9.17) is 27.7 Å². The smallest absolute Gasteiger partial charge is 0.0352 e. The number of hydrogen-bond donors (Lipinski definition) is 0. The van der Waals surface area contributed by atoms with E-state index in [9.17, 15) is 0 Å². The molecule has 0 rings (SSSR count). The average Bonchev–Trinajstić information content (AvgIpc) is 2.53. The van der Waals surface area contributed by atoms with Crippen molar-refractivity contribution >= 4 is 0 Å². The summed E-state index contributed by atoms with van der Waals surface area (Å²) in [6.07, 6.45) is 11.3. The third-order valence-electron chi connectivity index (χ3n) is 5.70. The molecule has 0 spiro atoms. The van der Waals surface area contributed by atoms with Gasteiger partial charge in [-0.3, -0.25) is 0 Å². The largest absolute Gasteiger partial charge is 0.0654 e. The van der Waals surface area contributed by atoms with Gasteiger partial charge in [0.05, 0.1) is 0 Å². The molecule has 0 bridgehead atoms. The molecule has 132 valence electrons. The second-order valence-corrected chi connectivity index (χ2v) is 7.40. The summed E-state index contributed by atoms with van der Waals surface area (Å²) in [6, 6.07) is 0. The first kappa shape index (κ1) is 23.0. The zero-order chi connectivity index (χ0) is 17.7. The van der Waals surface area contributed by atoms with Crippen LogP contribution in [0.1, 0.15) is 91.4 Å². The second kappa shape index (κ2) is 14.4. The maximum absolute atomic E-state index is 5.96. The average molecular weight is 317 g/mol. The van der Waals surface area contributed by atoms with Crippen molar-refractivity contribution in [1.29, 1.82) is 0 Å².